The van der Waals surface area contributed by atoms with Crippen molar-refractivity contribution in [3.63, 3.8) is 0 Å². The maximum absolute atomic E-state index is 12.1. The SMILES string of the molecule is O=C(O)CSCCNC(=O)c1cccc(N2CCCS2(=O)=O)c1. The summed E-state index contributed by atoms with van der Waals surface area (Å²) in [6.07, 6.45) is 0.583. The van der Waals surface area contributed by atoms with E-state index in [4.69, 9.17) is 5.11 Å². The van der Waals surface area contributed by atoms with Crippen molar-refractivity contribution in [3.8, 4) is 0 Å². The molecule has 0 saturated carbocycles. The topological polar surface area (TPSA) is 104 Å². The number of thioether (sulfide) groups is 1. The van der Waals surface area contributed by atoms with E-state index in [1.165, 1.54) is 16.1 Å². The van der Waals surface area contributed by atoms with Crippen LogP contribution in [0, 0.1) is 0 Å². The first-order valence-electron chi connectivity index (χ1n) is 7.08. The van der Waals surface area contributed by atoms with Crippen LogP contribution in [0.3, 0.4) is 0 Å². The van der Waals surface area contributed by atoms with Gasteiger partial charge in [0.15, 0.2) is 0 Å². The number of aliphatic carboxylic acids is 1. The van der Waals surface area contributed by atoms with E-state index in [-0.39, 0.29) is 17.4 Å². The Morgan fingerprint density at radius 3 is 2.78 bits per heavy atom. The van der Waals surface area contributed by atoms with Crippen LogP contribution in [0.15, 0.2) is 24.3 Å². The Balaban J connectivity index is 1.94. The second-order valence-electron chi connectivity index (χ2n) is 4.99. The Bertz CT molecular complexity index is 690. The van der Waals surface area contributed by atoms with E-state index < -0.39 is 16.0 Å². The molecule has 1 saturated heterocycles. The maximum Gasteiger partial charge on any atom is 0.313 e. The summed E-state index contributed by atoms with van der Waals surface area (Å²) >= 11 is 1.22. The first kappa shape index (κ1) is 17.6. The molecule has 1 amide bonds. The number of nitrogens with one attached hydrogen (secondary N) is 1. The van der Waals surface area contributed by atoms with Crippen molar-refractivity contribution in [2.24, 2.45) is 0 Å². The molecule has 126 valence electrons. The molecule has 2 rings (SSSR count). The van der Waals surface area contributed by atoms with Crippen molar-refractivity contribution in [3.05, 3.63) is 29.8 Å². The zero-order valence-electron chi connectivity index (χ0n) is 12.4. The maximum atomic E-state index is 12.1. The van der Waals surface area contributed by atoms with Crippen LogP contribution in [0.4, 0.5) is 5.69 Å². The highest BCUT2D eigenvalue weighted by molar-refractivity contribution is 7.99. The van der Waals surface area contributed by atoms with E-state index >= 15 is 0 Å². The van der Waals surface area contributed by atoms with Crippen molar-refractivity contribution in [2.45, 2.75) is 6.42 Å². The van der Waals surface area contributed by atoms with Crippen LogP contribution < -0.4 is 9.62 Å². The van der Waals surface area contributed by atoms with E-state index in [2.05, 4.69) is 5.32 Å². The Morgan fingerprint density at radius 2 is 2.13 bits per heavy atom. The molecule has 1 aromatic carbocycles. The van der Waals surface area contributed by atoms with Gasteiger partial charge in [0.1, 0.15) is 0 Å². The second-order valence-corrected chi connectivity index (χ2v) is 8.11. The van der Waals surface area contributed by atoms with Crippen LogP contribution in [-0.2, 0) is 14.8 Å². The summed E-state index contributed by atoms with van der Waals surface area (Å²) in [6.45, 7) is 0.780. The largest absolute Gasteiger partial charge is 0.481 e. The van der Waals surface area contributed by atoms with Crippen molar-refractivity contribution in [2.75, 3.05) is 34.7 Å². The molecular formula is C14H18N2O5S2. The van der Waals surface area contributed by atoms with E-state index in [0.29, 0.717) is 36.5 Å². The van der Waals surface area contributed by atoms with Gasteiger partial charge in [-0.25, -0.2) is 8.42 Å². The molecule has 1 aromatic rings. The fourth-order valence-corrected chi connectivity index (χ4v) is 4.35. The van der Waals surface area contributed by atoms with Gasteiger partial charge >= 0.3 is 5.97 Å². The minimum Gasteiger partial charge on any atom is -0.481 e. The molecular weight excluding hydrogens is 340 g/mol. The Morgan fingerprint density at radius 1 is 1.35 bits per heavy atom. The third-order valence-corrected chi connectivity index (χ3v) is 6.07. The second kappa shape index (κ2) is 7.69. The van der Waals surface area contributed by atoms with Crippen molar-refractivity contribution >= 4 is 39.3 Å². The van der Waals surface area contributed by atoms with Crippen LogP contribution >= 0.6 is 11.8 Å². The van der Waals surface area contributed by atoms with E-state index in [1.807, 2.05) is 0 Å². The monoisotopic (exact) mass is 358 g/mol. The number of hydrogen-bond donors (Lipinski definition) is 2. The Labute approximate surface area is 139 Å². The molecule has 9 heteroatoms. The first-order chi connectivity index (χ1) is 10.9. The van der Waals surface area contributed by atoms with Crippen molar-refractivity contribution in [1.29, 1.82) is 0 Å². The zero-order valence-corrected chi connectivity index (χ0v) is 14.0. The zero-order chi connectivity index (χ0) is 16.9. The number of nitrogens with zero attached hydrogens (tertiary/aromatic N) is 1. The normalized spacial score (nSPS) is 16.3. The molecule has 2 N–H and O–H groups in total. The molecule has 0 spiro atoms. The highest BCUT2D eigenvalue weighted by atomic mass is 32.2. The predicted octanol–water partition coefficient (Wildman–Crippen LogP) is 0.774. The molecule has 1 aliphatic rings. The van der Waals surface area contributed by atoms with E-state index in [1.54, 1.807) is 24.3 Å². The summed E-state index contributed by atoms with van der Waals surface area (Å²) in [5, 5.41) is 11.2. The Kier molecular flexibility index (Phi) is 5.89. The van der Waals surface area contributed by atoms with Crippen molar-refractivity contribution in [1.82, 2.24) is 5.32 Å². The van der Waals surface area contributed by atoms with E-state index in [9.17, 15) is 18.0 Å². The molecule has 0 atom stereocenters. The van der Waals surface area contributed by atoms with Gasteiger partial charge in [0, 0.05) is 24.4 Å². The third-order valence-electron chi connectivity index (χ3n) is 3.25. The molecule has 1 aliphatic heterocycles. The van der Waals surface area contributed by atoms with Gasteiger partial charge in [0.2, 0.25) is 10.0 Å². The fourth-order valence-electron chi connectivity index (χ4n) is 2.23. The minimum absolute atomic E-state index is 0.00181. The number of hydrogen-bond acceptors (Lipinski definition) is 5. The number of anilines is 1. The molecule has 1 fully saturated rings. The molecule has 23 heavy (non-hydrogen) atoms. The van der Waals surface area contributed by atoms with Gasteiger partial charge in [0.05, 0.1) is 17.2 Å². The highest BCUT2D eigenvalue weighted by Gasteiger charge is 2.28. The average Bonchev–Trinajstić information content (AvgIpc) is 2.86. The lowest BCUT2D eigenvalue weighted by Gasteiger charge is -2.17. The molecule has 7 nitrogen and oxygen atoms in total. The van der Waals surface area contributed by atoms with Crippen LogP contribution in [0.5, 0.6) is 0 Å². The molecule has 0 radical (unpaired) electrons. The summed E-state index contributed by atoms with van der Waals surface area (Å²) in [4.78, 5) is 22.4. The summed E-state index contributed by atoms with van der Waals surface area (Å²) in [6, 6.07) is 6.49. The third kappa shape index (κ3) is 4.87. The molecule has 0 aliphatic carbocycles. The van der Waals surface area contributed by atoms with Gasteiger partial charge in [-0.05, 0) is 24.6 Å². The summed E-state index contributed by atoms with van der Waals surface area (Å²) in [5.74, 6) is -0.569. The lowest BCUT2D eigenvalue weighted by atomic mass is 10.2. The number of carboxylic acid groups (broad SMARTS) is 1. The number of sulfonamides is 1. The van der Waals surface area contributed by atoms with Gasteiger partial charge in [-0.2, -0.15) is 0 Å². The van der Waals surface area contributed by atoms with Gasteiger partial charge < -0.3 is 10.4 Å². The van der Waals surface area contributed by atoms with Crippen LogP contribution in [-0.4, -0.2) is 55.7 Å². The Hall–Kier alpha value is -1.74. The quantitative estimate of drug-likeness (QED) is 0.698. The molecule has 1 heterocycles. The first-order valence-corrected chi connectivity index (χ1v) is 9.85. The van der Waals surface area contributed by atoms with Gasteiger partial charge in [-0.1, -0.05) is 6.07 Å². The van der Waals surface area contributed by atoms with Crippen LogP contribution in [0.1, 0.15) is 16.8 Å². The number of rotatable bonds is 7. The number of amides is 1. The lowest BCUT2D eigenvalue weighted by Crippen LogP contribution is -2.27. The van der Waals surface area contributed by atoms with Gasteiger partial charge in [-0.3, -0.25) is 13.9 Å². The van der Waals surface area contributed by atoms with Crippen LogP contribution in [0.25, 0.3) is 0 Å². The highest BCUT2D eigenvalue weighted by Crippen LogP contribution is 2.24. The average molecular weight is 358 g/mol. The standard InChI is InChI=1S/C14H18N2O5S2/c17-13(18)10-22-7-5-15-14(19)11-3-1-4-12(9-11)16-6-2-8-23(16,20)21/h1,3-4,9H,2,5-8,10H2,(H,15,19)(H,17,18). The van der Waals surface area contributed by atoms with Crippen LogP contribution in [0.2, 0.25) is 0 Å². The fraction of sp³-hybridized carbons (Fsp3) is 0.429. The predicted molar refractivity (Wildman–Crippen MR) is 89.5 cm³/mol. The van der Waals surface area contributed by atoms with E-state index in [0.717, 1.165) is 0 Å². The van der Waals surface area contributed by atoms with Gasteiger partial charge in [-0.15, -0.1) is 11.8 Å². The summed E-state index contributed by atoms with van der Waals surface area (Å²) < 4.78 is 25.2. The number of carbonyl (C=O) groups excluding carboxylic acids is 1. The molecule has 0 bridgehead atoms. The summed E-state index contributed by atoms with van der Waals surface area (Å²) in [5.41, 5.74) is 0.878. The smallest absolute Gasteiger partial charge is 0.313 e. The molecule has 0 aromatic heterocycles. The van der Waals surface area contributed by atoms with Gasteiger partial charge in [0.25, 0.3) is 5.91 Å². The summed E-state index contributed by atoms with van der Waals surface area (Å²) in [7, 11) is -3.27. The number of carbonyl (C=O) groups is 2. The lowest BCUT2D eigenvalue weighted by molar-refractivity contribution is -0.133. The molecule has 0 unspecified atom stereocenters. The number of carboxylic acids is 1. The minimum atomic E-state index is -3.27. The number of benzene rings is 1. The van der Waals surface area contributed by atoms with Crippen molar-refractivity contribution < 1.29 is 23.1 Å².